The first-order valence-electron chi connectivity index (χ1n) is 4.95. The predicted octanol–water partition coefficient (Wildman–Crippen LogP) is 3.51. The topological polar surface area (TPSA) is 83.5 Å². The molecular formula is C10H9N5OS2. The molecule has 0 bridgehead atoms. The summed E-state index contributed by atoms with van der Waals surface area (Å²) in [7, 11) is 1.56. The maximum atomic E-state index is 8.97. The summed E-state index contributed by atoms with van der Waals surface area (Å²) in [6.07, 6.45) is 0. The van der Waals surface area contributed by atoms with Crippen LogP contribution in [0.2, 0.25) is 0 Å². The molecule has 2 aromatic rings. The second kappa shape index (κ2) is 5.20. The highest BCUT2D eigenvalue weighted by atomic mass is 32.1. The lowest BCUT2D eigenvalue weighted by atomic mass is 10.3. The molecule has 0 saturated heterocycles. The number of hydrogen-bond donors (Lipinski definition) is 0. The molecule has 0 aliphatic heterocycles. The molecular weight excluding hydrogens is 270 g/mol. The number of methoxy groups -OCH3 is 1. The van der Waals surface area contributed by atoms with Gasteiger partial charge in [0.05, 0.1) is 18.5 Å². The Kier molecular flexibility index (Phi) is 3.64. The van der Waals surface area contributed by atoms with E-state index in [1.54, 1.807) is 14.0 Å². The highest BCUT2D eigenvalue weighted by Gasteiger charge is 2.11. The first kappa shape index (κ1) is 12.6. The number of rotatable bonds is 3. The van der Waals surface area contributed by atoms with E-state index in [1.807, 2.05) is 6.92 Å². The lowest BCUT2D eigenvalue weighted by molar-refractivity contribution is 0.411. The molecule has 0 atom stereocenters. The summed E-state index contributed by atoms with van der Waals surface area (Å²) in [6.45, 7) is 3.60. The second-order valence-corrected chi connectivity index (χ2v) is 5.03. The highest BCUT2D eigenvalue weighted by molar-refractivity contribution is 7.17. The largest absolute Gasteiger partial charge is 0.473 e. The second-order valence-electron chi connectivity index (χ2n) is 3.33. The molecule has 2 rings (SSSR count). The van der Waals surface area contributed by atoms with Crippen LogP contribution in [0.15, 0.2) is 10.2 Å². The fourth-order valence-electron chi connectivity index (χ4n) is 1.19. The molecule has 0 radical (unpaired) electrons. The maximum absolute atomic E-state index is 8.97. The molecule has 0 aliphatic carbocycles. The predicted molar refractivity (Wildman–Crippen MR) is 69.1 cm³/mol. The Morgan fingerprint density at radius 3 is 2.56 bits per heavy atom. The van der Waals surface area contributed by atoms with E-state index in [0.29, 0.717) is 26.5 Å². The molecule has 0 fully saturated rings. The van der Waals surface area contributed by atoms with Crippen LogP contribution in [0, 0.1) is 25.2 Å². The molecule has 2 heterocycles. The van der Waals surface area contributed by atoms with Crippen molar-refractivity contribution in [3.05, 3.63) is 17.0 Å². The number of aromatic nitrogens is 2. The van der Waals surface area contributed by atoms with Gasteiger partial charge >= 0.3 is 0 Å². The Hall–Kier alpha value is -1.85. The van der Waals surface area contributed by atoms with Gasteiger partial charge in [-0.15, -0.1) is 10.2 Å². The number of ether oxygens (including phenoxy) is 1. The van der Waals surface area contributed by atoms with Crippen molar-refractivity contribution >= 4 is 32.9 Å². The van der Waals surface area contributed by atoms with Crippen LogP contribution in [-0.2, 0) is 0 Å². The van der Waals surface area contributed by atoms with Gasteiger partial charge in [-0.05, 0) is 25.4 Å². The van der Waals surface area contributed by atoms with Crippen molar-refractivity contribution in [3.63, 3.8) is 0 Å². The minimum absolute atomic E-state index is 0.470. The normalized spacial score (nSPS) is 10.8. The molecule has 0 unspecified atom stereocenters. The van der Waals surface area contributed by atoms with Crippen molar-refractivity contribution in [2.24, 2.45) is 10.2 Å². The zero-order valence-corrected chi connectivity index (χ0v) is 11.6. The van der Waals surface area contributed by atoms with Gasteiger partial charge in [0, 0.05) is 0 Å². The van der Waals surface area contributed by atoms with Crippen LogP contribution < -0.4 is 4.74 Å². The molecule has 0 aromatic carbocycles. The number of nitrogens with zero attached hydrogens (tertiary/aromatic N) is 5. The number of nitriles is 1. The van der Waals surface area contributed by atoms with E-state index in [4.69, 9.17) is 10.00 Å². The van der Waals surface area contributed by atoms with Gasteiger partial charge in [0.1, 0.15) is 11.6 Å². The summed E-state index contributed by atoms with van der Waals surface area (Å²) in [5, 5.41) is 18.8. The summed E-state index contributed by atoms with van der Waals surface area (Å²) >= 11 is 2.47. The van der Waals surface area contributed by atoms with Crippen LogP contribution in [0.25, 0.3) is 0 Å². The Morgan fingerprint density at radius 1 is 1.22 bits per heavy atom. The molecule has 0 spiro atoms. The Bertz CT molecular complexity index is 637. The van der Waals surface area contributed by atoms with Crippen LogP contribution in [0.4, 0.5) is 10.0 Å². The van der Waals surface area contributed by atoms with Crippen molar-refractivity contribution < 1.29 is 4.74 Å². The van der Waals surface area contributed by atoms with Gasteiger partial charge in [-0.1, -0.05) is 11.3 Å². The number of azo groups is 1. The molecule has 8 heteroatoms. The fraction of sp³-hybridized carbons (Fsp3) is 0.300. The van der Waals surface area contributed by atoms with Crippen molar-refractivity contribution in [1.29, 1.82) is 5.26 Å². The first-order valence-corrected chi connectivity index (χ1v) is 6.54. The average molecular weight is 279 g/mol. The molecule has 0 amide bonds. The van der Waals surface area contributed by atoms with Crippen LogP contribution in [0.3, 0.4) is 0 Å². The quantitative estimate of drug-likeness (QED) is 0.805. The lowest BCUT2D eigenvalue weighted by Crippen LogP contribution is -1.79. The van der Waals surface area contributed by atoms with E-state index >= 15 is 0 Å². The van der Waals surface area contributed by atoms with Gasteiger partial charge < -0.3 is 4.74 Å². The van der Waals surface area contributed by atoms with Crippen molar-refractivity contribution in [2.45, 2.75) is 13.8 Å². The van der Waals surface area contributed by atoms with E-state index in [0.717, 1.165) is 17.2 Å². The highest BCUT2D eigenvalue weighted by Crippen LogP contribution is 2.34. The smallest absolute Gasteiger partial charge is 0.275 e. The molecule has 92 valence electrons. The molecule has 0 N–H and O–H groups in total. The summed E-state index contributed by atoms with van der Waals surface area (Å²) in [6, 6.07) is 2.07. The van der Waals surface area contributed by atoms with Crippen LogP contribution >= 0.6 is 22.9 Å². The molecule has 0 saturated carbocycles. The van der Waals surface area contributed by atoms with Gasteiger partial charge in [-0.25, -0.2) is 4.98 Å². The SMILES string of the molecule is COc1nc(C)c(N=Nc2snc(C)c2C#N)s1. The van der Waals surface area contributed by atoms with Crippen molar-refractivity contribution in [3.8, 4) is 11.3 Å². The molecule has 2 aromatic heterocycles. The number of aryl methyl sites for hydroxylation is 2. The number of thiazole rings is 1. The zero-order chi connectivity index (χ0) is 13.1. The third-order valence-corrected chi connectivity index (χ3v) is 3.94. The van der Waals surface area contributed by atoms with Crippen molar-refractivity contribution in [1.82, 2.24) is 9.36 Å². The van der Waals surface area contributed by atoms with Crippen molar-refractivity contribution in [2.75, 3.05) is 7.11 Å². The third kappa shape index (κ3) is 2.37. The lowest BCUT2D eigenvalue weighted by Gasteiger charge is -1.87. The third-order valence-electron chi connectivity index (χ3n) is 2.12. The minimum Gasteiger partial charge on any atom is -0.473 e. The number of hydrogen-bond acceptors (Lipinski definition) is 8. The van der Waals surface area contributed by atoms with E-state index in [9.17, 15) is 0 Å². The molecule has 6 nitrogen and oxygen atoms in total. The zero-order valence-electron chi connectivity index (χ0n) is 9.96. The van der Waals surface area contributed by atoms with Crippen LogP contribution in [-0.4, -0.2) is 16.5 Å². The fourth-order valence-corrected chi connectivity index (χ4v) is 2.57. The first-order chi connectivity index (χ1) is 8.65. The summed E-state index contributed by atoms with van der Waals surface area (Å²) in [4.78, 5) is 4.15. The Balaban J connectivity index is 2.30. The van der Waals surface area contributed by atoms with Gasteiger partial charge in [0.15, 0.2) is 10.0 Å². The maximum Gasteiger partial charge on any atom is 0.275 e. The van der Waals surface area contributed by atoms with E-state index in [1.165, 1.54) is 11.3 Å². The standard InChI is InChI=1S/C10H9N5OS2/c1-5-7(4-11)9(18-15-5)14-13-8-6(2)12-10(16-3)17-8/h1-3H3. The van der Waals surface area contributed by atoms with E-state index in [2.05, 4.69) is 25.7 Å². The van der Waals surface area contributed by atoms with Gasteiger partial charge in [-0.2, -0.15) is 9.64 Å². The van der Waals surface area contributed by atoms with Gasteiger partial charge in [0.25, 0.3) is 5.19 Å². The monoisotopic (exact) mass is 279 g/mol. The van der Waals surface area contributed by atoms with Crippen LogP contribution in [0.5, 0.6) is 5.19 Å². The minimum atomic E-state index is 0.470. The molecule has 18 heavy (non-hydrogen) atoms. The summed E-state index contributed by atoms with van der Waals surface area (Å²) < 4.78 is 9.09. The Labute approximate surface area is 112 Å². The van der Waals surface area contributed by atoms with Gasteiger partial charge in [0.2, 0.25) is 0 Å². The van der Waals surface area contributed by atoms with E-state index in [-0.39, 0.29) is 0 Å². The summed E-state index contributed by atoms with van der Waals surface area (Å²) in [5.74, 6) is 0. The average Bonchev–Trinajstić information content (AvgIpc) is 2.90. The van der Waals surface area contributed by atoms with Gasteiger partial charge in [-0.3, -0.25) is 0 Å². The summed E-state index contributed by atoms with van der Waals surface area (Å²) in [5.41, 5.74) is 1.90. The Morgan fingerprint density at radius 2 is 1.94 bits per heavy atom. The van der Waals surface area contributed by atoms with E-state index < -0.39 is 0 Å². The van der Waals surface area contributed by atoms with Crippen LogP contribution in [0.1, 0.15) is 17.0 Å². The molecule has 0 aliphatic rings.